The highest BCUT2D eigenvalue weighted by Gasteiger charge is 2.17. The molecule has 0 saturated carbocycles. The summed E-state index contributed by atoms with van der Waals surface area (Å²) >= 11 is 0. The lowest BCUT2D eigenvalue weighted by atomic mass is 9.97. The second-order valence-electron chi connectivity index (χ2n) is 6.24. The van der Waals surface area contributed by atoms with Gasteiger partial charge in [0.05, 0.1) is 12.1 Å². The molecule has 0 aromatic heterocycles. The van der Waals surface area contributed by atoms with Gasteiger partial charge in [0, 0.05) is 18.7 Å². The Kier molecular flexibility index (Phi) is 7.67. The SMILES string of the molecule is Cl.N[C@H](c1ccc(NCc2ccccc2)cc1)[C@@H](O)Cc1ccccc1. The van der Waals surface area contributed by atoms with Gasteiger partial charge in [-0.3, -0.25) is 0 Å². The van der Waals surface area contributed by atoms with E-state index < -0.39 is 12.1 Å². The number of hydrogen-bond acceptors (Lipinski definition) is 3. The largest absolute Gasteiger partial charge is 0.391 e. The minimum absolute atomic E-state index is 0. The van der Waals surface area contributed by atoms with Crippen molar-refractivity contribution >= 4 is 18.1 Å². The molecule has 2 atom stereocenters. The molecule has 3 rings (SSSR count). The Morgan fingerprint density at radius 2 is 1.31 bits per heavy atom. The van der Waals surface area contributed by atoms with E-state index in [0.717, 1.165) is 23.4 Å². The van der Waals surface area contributed by atoms with Crippen LogP contribution in [0, 0.1) is 0 Å². The fraction of sp³-hybridized carbons (Fsp3) is 0.182. The summed E-state index contributed by atoms with van der Waals surface area (Å²) in [6.45, 7) is 0.781. The molecule has 4 heteroatoms. The average Bonchev–Trinajstić information content (AvgIpc) is 2.68. The molecule has 3 nitrogen and oxygen atoms in total. The van der Waals surface area contributed by atoms with Gasteiger partial charge in [0.1, 0.15) is 0 Å². The van der Waals surface area contributed by atoms with Crippen LogP contribution in [-0.2, 0) is 13.0 Å². The van der Waals surface area contributed by atoms with Gasteiger partial charge < -0.3 is 16.2 Å². The number of rotatable bonds is 7. The maximum absolute atomic E-state index is 10.4. The zero-order valence-corrected chi connectivity index (χ0v) is 15.4. The summed E-state index contributed by atoms with van der Waals surface area (Å²) in [7, 11) is 0. The summed E-state index contributed by atoms with van der Waals surface area (Å²) in [5.74, 6) is 0. The van der Waals surface area contributed by atoms with Crippen molar-refractivity contribution in [1.82, 2.24) is 0 Å². The van der Waals surface area contributed by atoms with Crippen molar-refractivity contribution in [3.8, 4) is 0 Å². The van der Waals surface area contributed by atoms with Gasteiger partial charge in [-0.05, 0) is 28.8 Å². The molecule has 26 heavy (non-hydrogen) atoms. The predicted octanol–water partition coefficient (Wildman–Crippen LogP) is 4.32. The van der Waals surface area contributed by atoms with Crippen molar-refractivity contribution in [2.45, 2.75) is 25.1 Å². The lowest BCUT2D eigenvalue weighted by molar-refractivity contribution is 0.145. The molecule has 0 unspecified atom stereocenters. The molecule has 0 heterocycles. The van der Waals surface area contributed by atoms with E-state index in [9.17, 15) is 5.11 Å². The highest BCUT2D eigenvalue weighted by Crippen LogP contribution is 2.20. The Balaban J connectivity index is 0.00000243. The minimum Gasteiger partial charge on any atom is -0.391 e. The van der Waals surface area contributed by atoms with E-state index in [1.807, 2.05) is 72.8 Å². The van der Waals surface area contributed by atoms with Gasteiger partial charge in [0.15, 0.2) is 0 Å². The molecule has 0 spiro atoms. The molecule has 0 aliphatic rings. The molecule has 0 amide bonds. The zero-order valence-electron chi connectivity index (χ0n) is 14.6. The first-order chi connectivity index (χ1) is 12.2. The highest BCUT2D eigenvalue weighted by atomic mass is 35.5. The van der Waals surface area contributed by atoms with Crippen LogP contribution in [0.1, 0.15) is 22.7 Å². The van der Waals surface area contributed by atoms with E-state index in [1.54, 1.807) is 0 Å². The van der Waals surface area contributed by atoms with E-state index >= 15 is 0 Å². The first-order valence-electron chi connectivity index (χ1n) is 8.58. The quantitative estimate of drug-likeness (QED) is 0.582. The van der Waals surface area contributed by atoms with Crippen LogP contribution < -0.4 is 11.1 Å². The number of aliphatic hydroxyl groups is 1. The van der Waals surface area contributed by atoms with Crippen LogP contribution >= 0.6 is 12.4 Å². The van der Waals surface area contributed by atoms with E-state index in [1.165, 1.54) is 5.56 Å². The summed E-state index contributed by atoms with van der Waals surface area (Å²) in [5.41, 5.74) is 10.5. The van der Waals surface area contributed by atoms with Gasteiger partial charge in [-0.2, -0.15) is 0 Å². The third-order valence-corrected chi connectivity index (χ3v) is 4.34. The van der Waals surface area contributed by atoms with Crippen LogP contribution in [0.5, 0.6) is 0 Å². The first-order valence-corrected chi connectivity index (χ1v) is 8.58. The van der Waals surface area contributed by atoms with Crippen LogP contribution in [0.15, 0.2) is 84.9 Å². The van der Waals surface area contributed by atoms with Crippen molar-refractivity contribution < 1.29 is 5.11 Å². The van der Waals surface area contributed by atoms with E-state index in [4.69, 9.17) is 5.73 Å². The Bertz CT molecular complexity index is 763. The lowest BCUT2D eigenvalue weighted by Crippen LogP contribution is -2.28. The Morgan fingerprint density at radius 3 is 1.88 bits per heavy atom. The van der Waals surface area contributed by atoms with Crippen molar-refractivity contribution in [3.63, 3.8) is 0 Å². The number of anilines is 1. The van der Waals surface area contributed by atoms with Gasteiger partial charge in [-0.1, -0.05) is 72.8 Å². The van der Waals surface area contributed by atoms with Crippen LogP contribution in [0.2, 0.25) is 0 Å². The monoisotopic (exact) mass is 368 g/mol. The molecular formula is C22H25ClN2O. The van der Waals surface area contributed by atoms with Crippen LogP contribution in [0.3, 0.4) is 0 Å². The number of nitrogens with one attached hydrogen (secondary N) is 1. The molecule has 0 fully saturated rings. The van der Waals surface area contributed by atoms with Gasteiger partial charge in [-0.25, -0.2) is 0 Å². The van der Waals surface area contributed by atoms with E-state index in [2.05, 4.69) is 17.4 Å². The molecule has 0 aliphatic carbocycles. The van der Waals surface area contributed by atoms with Gasteiger partial charge in [0.25, 0.3) is 0 Å². The fourth-order valence-electron chi connectivity index (χ4n) is 2.83. The molecular weight excluding hydrogens is 344 g/mol. The molecule has 0 bridgehead atoms. The number of nitrogens with two attached hydrogens (primary N) is 1. The van der Waals surface area contributed by atoms with Crippen molar-refractivity contribution in [2.24, 2.45) is 5.73 Å². The van der Waals surface area contributed by atoms with Gasteiger partial charge >= 0.3 is 0 Å². The minimum atomic E-state index is -0.606. The number of hydrogen-bond donors (Lipinski definition) is 3. The highest BCUT2D eigenvalue weighted by molar-refractivity contribution is 5.85. The first kappa shape index (κ1) is 20.0. The summed E-state index contributed by atoms with van der Waals surface area (Å²) < 4.78 is 0. The Labute approximate surface area is 161 Å². The molecule has 4 N–H and O–H groups in total. The fourth-order valence-corrected chi connectivity index (χ4v) is 2.83. The van der Waals surface area contributed by atoms with Crippen molar-refractivity contribution in [1.29, 1.82) is 0 Å². The maximum Gasteiger partial charge on any atom is 0.0773 e. The summed E-state index contributed by atoms with van der Waals surface area (Å²) in [6, 6.07) is 27.8. The van der Waals surface area contributed by atoms with E-state index in [0.29, 0.717) is 6.42 Å². The van der Waals surface area contributed by atoms with Gasteiger partial charge in [-0.15, -0.1) is 12.4 Å². The maximum atomic E-state index is 10.4. The standard InChI is InChI=1S/C22H24N2O.ClH/c23-22(21(25)15-17-7-3-1-4-8-17)19-11-13-20(14-12-19)24-16-18-9-5-2-6-10-18;/h1-14,21-22,24-25H,15-16,23H2;1H/t21-,22+;/m0./s1. The molecule has 3 aromatic carbocycles. The second kappa shape index (κ2) is 9.97. The normalized spacial score (nSPS) is 12.7. The molecule has 3 aromatic rings. The smallest absolute Gasteiger partial charge is 0.0773 e. The molecule has 0 aliphatic heterocycles. The zero-order chi connectivity index (χ0) is 17.5. The predicted molar refractivity (Wildman–Crippen MR) is 111 cm³/mol. The molecule has 0 saturated heterocycles. The van der Waals surface area contributed by atoms with Gasteiger partial charge in [0.2, 0.25) is 0 Å². The third kappa shape index (κ3) is 5.60. The van der Waals surface area contributed by atoms with Crippen LogP contribution in [0.25, 0.3) is 0 Å². The summed E-state index contributed by atoms with van der Waals surface area (Å²) in [6.07, 6.45) is -0.0544. The summed E-state index contributed by atoms with van der Waals surface area (Å²) in [5, 5.41) is 13.8. The third-order valence-electron chi connectivity index (χ3n) is 4.34. The lowest BCUT2D eigenvalue weighted by Gasteiger charge is -2.20. The summed E-state index contributed by atoms with van der Waals surface area (Å²) in [4.78, 5) is 0. The van der Waals surface area contributed by atoms with Crippen molar-refractivity contribution in [3.05, 3.63) is 102 Å². The topological polar surface area (TPSA) is 58.3 Å². The van der Waals surface area contributed by atoms with E-state index in [-0.39, 0.29) is 12.4 Å². The number of benzene rings is 3. The van der Waals surface area contributed by atoms with Crippen LogP contribution in [0.4, 0.5) is 5.69 Å². The average molecular weight is 369 g/mol. The second-order valence-corrected chi connectivity index (χ2v) is 6.24. The molecule has 136 valence electrons. The molecule has 0 radical (unpaired) electrons. The Hall–Kier alpha value is -2.33. The Morgan fingerprint density at radius 1 is 0.769 bits per heavy atom. The number of aliphatic hydroxyl groups excluding tert-OH is 1. The van der Waals surface area contributed by atoms with Crippen molar-refractivity contribution in [2.75, 3.05) is 5.32 Å². The van der Waals surface area contributed by atoms with Crippen LogP contribution in [-0.4, -0.2) is 11.2 Å². The number of halogens is 1.